The van der Waals surface area contributed by atoms with Crippen molar-refractivity contribution >= 4 is 29.4 Å². The van der Waals surface area contributed by atoms with E-state index in [0.717, 1.165) is 12.1 Å². The normalized spacial score (nSPS) is 10.4. The average molecular weight is 421 g/mol. The number of aromatic nitrogens is 1. The lowest BCUT2D eigenvalue weighted by molar-refractivity contribution is -0.384. The first-order valence-electron chi connectivity index (χ1n) is 8.20. The number of ether oxygens (including phenoxy) is 1. The number of carboxylic acid groups (broad SMARTS) is 3. The zero-order valence-corrected chi connectivity index (χ0v) is 15.1. The van der Waals surface area contributed by atoms with Gasteiger partial charge < -0.3 is 30.8 Å². The second-order valence-corrected chi connectivity index (χ2v) is 5.88. The maximum Gasteiger partial charge on any atom is 0.342 e. The third-order valence-corrected chi connectivity index (χ3v) is 3.91. The lowest BCUT2D eigenvalue weighted by Crippen LogP contribution is -2.24. The van der Waals surface area contributed by atoms with Crippen LogP contribution in [-0.4, -0.2) is 49.7 Å². The molecule has 0 amide bonds. The molecule has 0 unspecified atom stereocenters. The molecule has 30 heavy (non-hydrogen) atoms. The van der Waals surface area contributed by atoms with E-state index >= 15 is 0 Å². The second kappa shape index (κ2) is 8.72. The zero-order valence-electron chi connectivity index (χ0n) is 15.1. The molecule has 0 saturated carbocycles. The Balaban J connectivity index is 2.75. The van der Waals surface area contributed by atoms with Gasteiger partial charge in [0.05, 0.1) is 17.1 Å². The fraction of sp³-hybridized carbons (Fsp3) is 0.176. The Hall–Kier alpha value is -4.42. The highest BCUT2D eigenvalue weighted by Crippen LogP contribution is 2.38. The van der Waals surface area contributed by atoms with Crippen LogP contribution in [0.1, 0.15) is 33.6 Å². The van der Waals surface area contributed by atoms with Crippen molar-refractivity contribution in [1.82, 2.24) is 4.98 Å². The highest BCUT2D eigenvalue weighted by atomic mass is 16.6. The molecular weight excluding hydrogens is 406 g/mol. The van der Waals surface area contributed by atoms with E-state index in [-0.39, 0.29) is 25.2 Å². The summed E-state index contributed by atoms with van der Waals surface area (Å²) in [6.07, 6.45) is -0.0862. The van der Waals surface area contributed by atoms with Crippen LogP contribution in [0.5, 0.6) is 5.75 Å². The van der Waals surface area contributed by atoms with Crippen LogP contribution in [0.3, 0.4) is 0 Å². The molecule has 0 bridgehead atoms. The van der Waals surface area contributed by atoms with Crippen molar-refractivity contribution in [3.8, 4) is 16.9 Å². The molecule has 0 aliphatic rings. The third kappa shape index (κ3) is 4.52. The van der Waals surface area contributed by atoms with Crippen molar-refractivity contribution < 1.29 is 39.4 Å². The van der Waals surface area contributed by atoms with Gasteiger partial charge >= 0.3 is 17.9 Å². The average Bonchev–Trinajstić information content (AvgIpc) is 2.63. The van der Waals surface area contributed by atoms with Gasteiger partial charge in [0.2, 0.25) is 0 Å². The molecule has 0 saturated heterocycles. The van der Waals surface area contributed by atoms with Gasteiger partial charge in [-0.3, -0.25) is 19.7 Å². The molecule has 0 aliphatic heterocycles. The molecule has 13 heteroatoms. The minimum Gasteiger partial charge on any atom is -0.494 e. The lowest BCUT2D eigenvalue weighted by Gasteiger charge is -2.14. The number of H-pyrrole nitrogens is 1. The number of nitrogens with zero attached hydrogens (tertiary/aromatic N) is 1. The molecule has 0 fully saturated rings. The first-order valence-corrected chi connectivity index (χ1v) is 8.20. The van der Waals surface area contributed by atoms with E-state index in [9.17, 15) is 39.5 Å². The summed E-state index contributed by atoms with van der Waals surface area (Å²) in [6, 6.07) is 3.10. The standard InChI is InChI=1S/C17H15N3O10/c18-14-12(16(24)25)11(13(17(26)27)15(23)19-14)8-6-7(3-4-9(8)20(28)29)30-5-1-2-10(21)22/h3-4,6H,1-2,5H2,(H,21,22)(H,24,25)(H,26,27)(H3,18,19,23). The van der Waals surface area contributed by atoms with Gasteiger partial charge in [-0.1, -0.05) is 0 Å². The van der Waals surface area contributed by atoms with Crippen LogP contribution in [0.4, 0.5) is 11.5 Å². The summed E-state index contributed by atoms with van der Waals surface area (Å²) < 4.78 is 5.32. The number of nitro groups is 1. The van der Waals surface area contributed by atoms with Crippen molar-refractivity contribution in [3.63, 3.8) is 0 Å². The highest BCUT2D eigenvalue weighted by molar-refractivity contribution is 6.08. The molecule has 6 N–H and O–H groups in total. The Morgan fingerprint density at radius 2 is 1.77 bits per heavy atom. The SMILES string of the molecule is Nc1[nH]c(=O)c(C(=O)O)c(-c2cc(OCCCC(=O)O)ccc2[N+](=O)[O-])c1C(=O)O. The van der Waals surface area contributed by atoms with Crippen molar-refractivity contribution in [2.24, 2.45) is 0 Å². The van der Waals surface area contributed by atoms with Crippen LogP contribution < -0.4 is 16.0 Å². The van der Waals surface area contributed by atoms with Gasteiger partial charge in [0.25, 0.3) is 11.2 Å². The van der Waals surface area contributed by atoms with Crippen LogP contribution >= 0.6 is 0 Å². The van der Waals surface area contributed by atoms with E-state index in [1.54, 1.807) is 0 Å². The minimum absolute atomic E-state index is 0.0347. The van der Waals surface area contributed by atoms with E-state index in [1.807, 2.05) is 4.98 Å². The number of carbonyl (C=O) groups is 3. The second-order valence-electron chi connectivity index (χ2n) is 5.88. The van der Waals surface area contributed by atoms with E-state index in [4.69, 9.17) is 15.6 Å². The minimum atomic E-state index is -1.82. The smallest absolute Gasteiger partial charge is 0.342 e. The number of carboxylic acids is 3. The van der Waals surface area contributed by atoms with Crippen LogP contribution in [0.25, 0.3) is 11.1 Å². The maximum absolute atomic E-state index is 12.1. The van der Waals surface area contributed by atoms with E-state index < -0.39 is 62.1 Å². The summed E-state index contributed by atoms with van der Waals surface area (Å²) in [5.41, 5.74) is 0.449. The molecule has 1 aromatic carbocycles. The van der Waals surface area contributed by atoms with Gasteiger partial charge in [-0.2, -0.15) is 0 Å². The maximum atomic E-state index is 12.1. The Bertz CT molecular complexity index is 1110. The quantitative estimate of drug-likeness (QED) is 0.219. The van der Waals surface area contributed by atoms with Crippen molar-refractivity contribution in [3.05, 3.63) is 49.8 Å². The number of nitro benzene ring substituents is 1. The van der Waals surface area contributed by atoms with Crippen LogP contribution in [0.2, 0.25) is 0 Å². The molecule has 13 nitrogen and oxygen atoms in total. The monoisotopic (exact) mass is 421 g/mol. The number of aromatic amines is 1. The third-order valence-electron chi connectivity index (χ3n) is 3.91. The fourth-order valence-corrected chi connectivity index (χ4v) is 2.69. The predicted molar refractivity (Wildman–Crippen MR) is 99.8 cm³/mol. The molecule has 1 heterocycles. The number of nitrogens with one attached hydrogen (secondary N) is 1. The summed E-state index contributed by atoms with van der Waals surface area (Å²) in [5, 5.41) is 39.0. The topological polar surface area (TPSA) is 223 Å². The molecule has 0 atom stereocenters. The molecule has 0 aliphatic carbocycles. The Morgan fingerprint density at radius 3 is 2.30 bits per heavy atom. The molecule has 2 rings (SSSR count). The number of nitrogens with two attached hydrogens (primary N) is 1. The Labute approximate surface area is 166 Å². The van der Waals surface area contributed by atoms with Crippen molar-refractivity contribution in [2.45, 2.75) is 12.8 Å². The van der Waals surface area contributed by atoms with Crippen molar-refractivity contribution in [1.29, 1.82) is 0 Å². The number of benzene rings is 1. The van der Waals surface area contributed by atoms with E-state index in [1.165, 1.54) is 6.07 Å². The van der Waals surface area contributed by atoms with E-state index in [2.05, 4.69) is 0 Å². The predicted octanol–water partition coefficient (Wildman–Crippen LogP) is 1.17. The number of hydrogen-bond donors (Lipinski definition) is 5. The number of hydrogen-bond acceptors (Lipinski definition) is 8. The number of anilines is 1. The summed E-state index contributed by atoms with van der Waals surface area (Å²) in [4.78, 5) is 58.5. The number of aliphatic carboxylic acids is 1. The summed E-state index contributed by atoms with van der Waals surface area (Å²) in [6.45, 7) is -0.0847. The van der Waals surface area contributed by atoms with Crippen LogP contribution in [0.15, 0.2) is 23.0 Å². The van der Waals surface area contributed by atoms with Gasteiger partial charge in [-0.25, -0.2) is 9.59 Å². The van der Waals surface area contributed by atoms with Gasteiger partial charge in [-0.15, -0.1) is 0 Å². The summed E-state index contributed by atoms with van der Waals surface area (Å²) in [7, 11) is 0. The zero-order chi connectivity index (χ0) is 22.6. The first kappa shape index (κ1) is 21.9. The Kier molecular flexibility index (Phi) is 6.36. The van der Waals surface area contributed by atoms with Crippen molar-refractivity contribution in [2.75, 3.05) is 12.3 Å². The molecule has 2 aromatic rings. The van der Waals surface area contributed by atoms with Gasteiger partial charge in [0.15, 0.2) is 0 Å². The van der Waals surface area contributed by atoms with E-state index in [0.29, 0.717) is 0 Å². The summed E-state index contributed by atoms with van der Waals surface area (Å²) in [5.74, 6) is -5.32. The lowest BCUT2D eigenvalue weighted by atomic mass is 9.94. The number of rotatable bonds is 9. The molecular formula is C17H15N3O10. The fourth-order valence-electron chi connectivity index (χ4n) is 2.69. The summed E-state index contributed by atoms with van der Waals surface area (Å²) >= 11 is 0. The molecule has 0 radical (unpaired) electrons. The number of pyridine rings is 1. The molecule has 1 aromatic heterocycles. The molecule has 158 valence electrons. The van der Waals surface area contributed by atoms with Gasteiger partial charge in [0.1, 0.15) is 22.7 Å². The molecule has 0 spiro atoms. The number of aromatic carboxylic acids is 2. The largest absolute Gasteiger partial charge is 0.494 e. The first-order chi connectivity index (χ1) is 14.0. The highest BCUT2D eigenvalue weighted by Gasteiger charge is 2.31. The number of nitrogen functional groups attached to an aromatic ring is 1. The van der Waals surface area contributed by atoms with Gasteiger partial charge in [-0.05, 0) is 18.6 Å². The van der Waals surface area contributed by atoms with Crippen LogP contribution in [-0.2, 0) is 4.79 Å². The van der Waals surface area contributed by atoms with Gasteiger partial charge in [0, 0.05) is 18.1 Å². The Morgan fingerprint density at radius 1 is 1.13 bits per heavy atom. The van der Waals surface area contributed by atoms with Crippen LogP contribution in [0, 0.1) is 10.1 Å².